The van der Waals surface area contributed by atoms with E-state index in [-0.39, 0.29) is 18.1 Å². The van der Waals surface area contributed by atoms with Crippen LogP contribution in [0.25, 0.3) is 0 Å². The summed E-state index contributed by atoms with van der Waals surface area (Å²) in [4.78, 5) is 2.31. The number of hydrogen-bond donors (Lipinski definition) is 0. The number of ether oxygens (including phenoxy) is 2. The molecule has 0 saturated heterocycles. The van der Waals surface area contributed by atoms with Gasteiger partial charge in [-0.1, -0.05) is 13.8 Å². The van der Waals surface area contributed by atoms with Crippen molar-refractivity contribution in [1.82, 2.24) is 4.90 Å². The summed E-state index contributed by atoms with van der Waals surface area (Å²) in [5.74, 6) is 0. The van der Waals surface area contributed by atoms with Crippen LogP contribution in [0.15, 0.2) is 0 Å². The van der Waals surface area contributed by atoms with Gasteiger partial charge in [-0.3, -0.25) is 4.90 Å². The summed E-state index contributed by atoms with van der Waals surface area (Å²) >= 11 is 0. The maximum Gasteiger partial charge on any atom is 0.146 e. The zero-order valence-corrected chi connectivity index (χ0v) is 18.0. The Kier molecular flexibility index (Phi) is 12.5. The molecule has 0 aliphatic heterocycles. The Bertz CT molecular complexity index is 242. The van der Waals surface area contributed by atoms with Gasteiger partial charge < -0.3 is 13.9 Å². The quantitative estimate of drug-likeness (QED) is 0.278. The second kappa shape index (κ2) is 12.5. The maximum atomic E-state index is 5.89. The zero-order chi connectivity index (χ0) is 17.0. The number of nitrogens with zero attached hydrogens (tertiary/aromatic N) is 1. The Labute approximate surface area is 141 Å². The van der Waals surface area contributed by atoms with E-state index in [0.717, 1.165) is 55.9 Å². The molecule has 0 aromatic heterocycles. The van der Waals surface area contributed by atoms with Crippen LogP contribution in [0.2, 0.25) is 0 Å². The van der Waals surface area contributed by atoms with Crippen molar-refractivity contribution < 1.29 is 13.9 Å². The molecular formula is C17H39NO3Si. The molecule has 134 valence electrons. The molecule has 0 N–H and O–H groups in total. The maximum absolute atomic E-state index is 5.89. The lowest BCUT2D eigenvalue weighted by atomic mass is 9.91. The van der Waals surface area contributed by atoms with Crippen molar-refractivity contribution >= 4 is 10.5 Å². The molecule has 2 unspecified atom stereocenters. The van der Waals surface area contributed by atoms with E-state index in [1.807, 2.05) is 13.8 Å². The van der Waals surface area contributed by atoms with E-state index < -0.39 is 0 Å². The largest absolute Gasteiger partial charge is 0.422 e. The van der Waals surface area contributed by atoms with Gasteiger partial charge in [-0.05, 0) is 59.8 Å². The van der Waals surface area contributed by atoms with Gasteiger partial charge in [0.2, 0.25) is 0 Å². The van der Waals surface area contributed by atoms with Crippen LogP contribution in [0.3, 0.4) is 0 Å². The minimum atomic E-state index is 0.100. The molecule has 0 rings (SSSR count). The highest BCUT2D eigenvalue weighted by Crippen LogP contribution is 2.26. The number of hydrogen-bond acceptors (Lipinski definition) is 4. The van der Waals surface area contributed by atoms with Crippen molar-refractivity contribution in [1.29, 1.82) is 0 Å². The van der Waals surface area contributed by atoms with E-state index in [4.69, 9.17) is 13.9 Å². The molecule has 0 bridgehead atoms. The third kappa shape index (κ3) is 7.55. The van der Waals surface area contributed by atoms with Crippen LogP contribution >= 0.6 is 0 Å². The molecule has 0 saturated carbocycles. The smallest absolute Gasteiger partial charge is 0.146 e. The Morgan fingerprint density at radius 2 is 1.41 bits per heavy atom. The molecule has 5 heteroatoms. The first kappa shape index (κ1) is 22.1. The predicted octanol–water partition coefficient (Wildman–Crippen LogP) is 3.08. The molecule has 0 aromatic carbocycles. The Morgan fingerprint density at radius 1 is 0.909 bits per heavy atom. The van der Waals surface area contributed by atoms with Crippen molar-refractivity contribution in [2.75, 3.05) is 19.8 Å². The fourth-order valence-electron chi connectivity index (χ4n) is 3.07. The summed E-state index contributed by atoms with van der Waals surface area (Å²) in [6, 6.07) is 0. The second-order valence-electron chi connectivity index (χ2n) is 5.90. The Hall–Kier alpha value is 0.0569. The van der Waals surface area contributed by atoms with Crippen LogP contribution in [-0.2, 0) is 13.9 Å². The van der Waals surface area contributed by atoms with Crippen LogP contribution in [0.4, 0.5) is 0 Å². The highest BCUT2D eigenvalue weighted by Gasteiger charge is 2.25. The second-order valence-corrected chi connectivity index (χ2v) is 6.31. The number of unbranched alkanes of at least 4 members (excludes halogenated alkanes) is 1. The van der Waals surface area contributed by atoms with Crippen molar-refractivity contribution in [2.24, 2.45) is 0 Å². The van der Waals surface area contributed by atoms with E-state index in [1.54, 1.807) is 0 Å². The molecular weight excluding hydrogens is 294 g/mol. The average molecular weight is 334 g/mol. The zero-order valence-electron chi connectivity index (χ0n) is 16.0. The van der Waals surface area contributed by atoms with Gasteiger partial charge in [0.15, 0.2) is 0 Å². The number of rotatable bonds is 14. The topological polar surface area (TPSA) is 30.9 Å². The first-order chi connectivity index (χ1) is 10.5. The average Bonchev–Trinajstić information content (AvgIpc) is 2.52. The standard InChI is InChI=1S/C17H39NO3Si/c1-7-17(8-2,21-22)13-11-12-14-18(15(5)19-9-3)16(6)20-10-4/h15-16H,7-14H2,1-6,22H3. The van der Waals surface area contributed by atoms with Crippen molar-refractivity contribution in [3.63, 3.8) is 0 Å². The van der Waals surface area contributed by atoms with Crippen LogP contribution in [-0.4, -0.2) is 53.2 Å². The molecule has 0 heterocycles. The van der Waals surface area contributed by atoms with Crippen LogP contribution in [0.1, 0.15) is 73.6 Å². The predicted molar refractivity (Wildman–Crippen MR) is 97.1 cm³/mol. The first-order valence-electron chi connectivity index (χ1n) is 9.04. The highest BCUT2D eigenvalue weighted by atomic mass is 28.2. The fraction of sp³-hybridized carbons (Fsp3) is 1.00. The Morgan fingerprint density at radius 3 is 1.77 bits per heavy atom. The lowest BCUT2D eigenvalue weighted by molar-refractivity contribution is -0.137. The summed E-state index contributed by atoms with van der Waals surface area (Å²) in [5, 5.41) is 0. The summed E-state index contributed by atoms with van der Waals surface area (Å²) in [7, 11) is 0.826. The first-order valence-corrected chi connectivity index (χ1v) is 9.85. The lowest BCUT2D eigenvalue weighted by Crippen LogP contribution is -2.44. The van der Waals surface area contributed by atoms with Gasteiger partial charge >= 0.3 is 0 Å². The minimum absolute atomic E-state index is 0.100. The highest BCUT2D eigenvalue weighted by molar-refractivity contribution is 5.98. The SMILES string of the molecule is CCOC(C)N(CCCCC(CC)(CC)O[SiH3])C(C)OCC. The molecule has 0 radical (unpaired) electrons. The molecule has 4 nitrogen and oxygen atoms in total. The van der Waals surface area contributed by atoms with E-state index in [9.17, 15) is 0 Å². The van der Waals surface area contributed by atoms with Gasteiger partial charge in [0, 0.05) is 19.8 Å². The molecule has 0 aromatic rings. The summed E-state index contributed by atoms with van der Waals surface area (Å²) in [6.07, 6.45) is 5.93. The van der Waals surface area contributed by atoms with E-state index in [0.29, 0.717) is 0 Å². The minimum Gasteiger partial charge on any atom is -0.422 e. The van der Waals surface area contributed by atoms with Gasteiger partial charge in [-0.25, -0.2) is 0 Å². The summed E-state index contributed by atoms with van der Waals surface area (Å²) in [5.41, 5.74) is 0.119. The molecule has 22 heavy (non-hydrogen) atoms. The molecule has 0 amide bonds. The fourth-order valence-corrected chi connectivity index (χ4v) is 3.85. The molecule has 0 fully saturated rings. The molecule has 2 atom stereocenters. The van der Waals surface area contributed by atoms with Gasteiger partial charge in [-0.15, -0.1) is 0 Å². The van der Waals surface area contributed by atoms with Crippen LogP contribution in [0.5, 0.6) is 0 Å². The Balaban J connectivity index is 4.38. The third-order valence-electron chi connectivity index (χ3n) is 4.77. The molecule has 0 spiro atoms. The third-order valence-corrected chi connectivity index (χ3v) is 5.64. The summed E-state index contributed by atoms with van der Waals surface area (Å²) < 4.78 is 17.4. The monoisotopic (exact) mass is 333 g/mol. The normalized spacial score (nSPS) is 15.4. The van der Waals surface area contributed by atoms with E-state index in [2.05, 4.69) is 32.6 Å². The summed E-state index contributed by atoms with van der Waals surface area (Å²) in [6.45, 7) is 15.3. The van der Waals surface area contributed by atoms with E-state index in [1.165, 1.54) is 6.42 Å². The van der Waals surface area contributed by atoms with Crippen molar-refractivity contribution in [2.45, 2.75) is 91.7 Å². The van der Waals surface area contributed by atoms with Crippen LogP contribution in [0, 0.1) is 0 Å². The molecule has 0 aliphatic carbocycles. The lowest BCUT2D eigenvalue weighted by Gasteiger charge is -2.35. The van der Waals surface area contributed by atoms with Crippen LogP contribution < -0.4 is 0 Å². The molecule has 0 aliphatic rings. The van der Waals surface area contributed by atoms with Crippen molar-refractivity contribution in [3.8, 4) is 0 Å². The van der Waals surface area contributed by atoms with E-state index >= 15 is 0 Å². The van der Waals surface area contributed by atoms with Crippen molar-refractivity contribution in [3.05, 3.63) is 0 Å². The van der Waals surface area contributed by atoms with Gasteiger partial charge in [-0.2, -0.15) is 0 Å². The van der Waals surface area contributed by atoms with Gasteiger partial charge in [0.05, 0.1) is 5.60 Å². The van der Waals surface area contributed by atoms with Gasteiger partial charge in [0.25, 0.3) is 0 Å². The van der Waals surface area contributed by atoms with Gasteiger partial charge in [0.1, 0.15) is 22.9 Å².